The molecule has 1 unspecified atom stereocenters. The van der Waals surface area contributed by atoms with Crippen LogP contribution in [0.4, 0.5) is 0 Å². The summed E-state index contributed by atoms with van der Waals surface area (Å²) in [5.41, 5.74) is 3.89. The third-order valence-corrected chi connectivity index (χ3v) is 4.02. The van der Waals surface area contributed by atoms with E-state index >= 15 is 0 Å². The van der Waals surface area contributed by atoms with E-state index in [-0.39, 0.29) is 0 Å². The average Bonchev–Trinajstić information content (AvgIpc) is 2.45. The number of likely N-dealkylation sites (N-methyl/N-ethyl adjacent to an activating group) is 1. The number of nitrogens with one attached hydrogen (secondary N) is 1. The van der Waals surface area contributed by atoms with Gasteiger partial charge in [-0.3, -0.25) is 0 Å². The third kappa shape index (κ3) is 3.62. The molecule has 2 nitrogen and oxygen atoms in total. The van der Waals surface area contributed by atoms with Crippen LogP contribution in [0.2, 0.25) is 0 Å². The largest absolute Gasteiger partial charge is 0.497 e. The maximum atomic E-state index is 5.29. The molecule has 0 heterocycles. The fourth-order valence-corrected chi connectivity index (χ4v) is 2.91. The first-order valence-electron chi connectivity index (χ1n) is 6.70. The van der Waals surface area contributed by atoms with Crippen LogP contribution in [-0.2, 0) is 6.42 Å². The minimum Gasteiger partial charge on any atom is -0.497 e. The lowest BCUT2D eigenvalue weighted by Crippen LogP contribution is -2.19. The number of ether oxygens (including phenoxy) is 1. The third-order valence-electron chi connectivity index (χ3n) is 3.53. The molecule has 2 rings (SSSR count). The smallest absolute Gasteiger partial charge is 0.119 e. The van der Waals surface area contributed by atoms with Gasteiger partial charge in [-0.05, 0) is 61.3 Å². The second-order valence-electron chi connectivity index (χ2n) is 4.90. The Hall–Kier alpha value is -1.32. The number of hydrogen-bond donors (Lipinski definition) is 1. The fourth-order valence-electron chi connectivity index (χ4n) is 2.43. The van der Waals surface area contributed by atoms with Crippen molar-refractivity contribution in [1.82, 2.24) is 5.32 Å². The molecule has 20 heavy (non-hydrogen) atoms. The van der Waals surface area contributed by atoms with Gasteiger partial charge in [0.05, 0.1) is 7.11 Å². The van der Waals surface area contributed by atoms with Crippen LogP contribution in [0, 0.1) is 6.92 Å². The lowest BCUT2D eigenvalue weighted by atomic mass is 9.95. The van der Waals surface area contributed by atoms with Gasteiger partial charge < -0.3 is 10.1 Å². The summed E-state index contributed by atoms with van der Waals surface area (Å²) >= 11 is 3.52. The first kappa shape index (κ1) is 15.1. The van der Waals surface area contributed by atoms with Gasteiger partial charge in [-0.2, -0.15) is 0 Å². The number of methoxy groups -OCH3 is 1. The Balaban J connectivity index is 2.23. The van der Waals surface area contributed by atoms with Crippen molar-refractivity contribution in [1.29, 1.82) is 0 Å². The van der Waals surface area contributed by atoms with Gasteiger partial charge in [-0.1, -0.05) is 34.1 Å². The molecule has 0 aromatic heterocycles. The molecule has 1 atom stereocenters. The topological polar surface area (TPSA) is 21.3 Å². The predicted molar refractivity (Wildman–Crippen MR) is 87.4 cm³/mol. The van der Waals surface area contributed by atoms with Gasteiger partial charge in [0.1, 0.15) is 5.75 Å². The Morgan fingerprint density at radius 1 is 1.20 bits per heavy atom. The number of halogens is 1. The SMILES string of the molecule is CNC(Cc1cccc(OC)c1)c1ccc(Br)cc1C. The number of benzene rings is 2. The van der Waals surface area contributed by atoms with E-state index in [0.717, 1.165) is 16.6 Å². The molecule has 0 spiro atoms. The van der Waals surface area contributed by atoms with Gasteiger partial charge in [-0.25, -0.2) is 0 Å². The predicted octanol–water partition coefficient (Wildman–Crippen LogP) is 4.27. The highest BCUT2D eigenvalue weighted by Crippen LogP contribution is 2.25. The monoisotopic (exact) mass is 333 g/mol. The highest BCUT2D eigenvalue weighted by molar-refractivity contribution is 9.10. The molecular weight excluding hydrogens is 314 g/mol. The summed E-state index contributed by atoms with van der Waals surface area (Å²) in [6, 6.07) is 15.0. The highest BCUT2D eigenvalue weighted by atomic mass is 79.9. The van der Waals surface area contributed by atoms with Crippen LogP contribution >= 0.6 is 15.9 Å². The molecular formula is C17H20BrNO. The standard InChI is InChI=1S/C17H20BrNO/c1-12-9-14(18)7-8-16(12)17(19-2)11-13-5-4-6-15(10-13)20-3/h4-10,17,19H,11H2,1-3H3. The molecule has 0 fully saturated rings. The van der Waals surface area contributed by atoms with E-state index in [1.165, 1.54) is 16.7 Å². The second-order valence-corrected chi connectivity index (χ2v) is 5.81. The minimum atomic E-state index is 0.301. The maximum absolute atomic E-state index is 5.29. The molecule has 3 heteroatoms. The van der Waals surface area contributed by atoms with Gasteiger partial charge in [0.2, 0.25) is 0 Å². The van der Waals surface area contributed by atoms with E-state index < -0.39 is 0 Å². The zero-order chi connectivity index (χ0) is 14.5. The highest BCUT2D eigenvalue weighted by Gasteiger charge is 2.13. The Labute approximate surface area is 129 Å². The van der Waals surface area contributed by atoms with Crippen molar-refractivity contribution in [2.45, 2.75) is 19.4 Å². The van der Waals surface area contributed by atoms with Gasteiger partial charge in [0, 0.05) is 10.5 Å². The van der Waals surface area contributed by atoms with Crippen molar-refractivity contribution in [2.75, 3.05) is 14.2 Å². The van der Waals surface area contributed by atoms with Crippen molar-refractivity contribution in [3.8, 4) is 5.75 Å². The summed E-state index contributed by atoms with van der Waals surface area (Å²) in [4.78, 5) is 0. The molecule has 1 N–H and O–H groups in total. The minimum absolute atomic E-state index is 0.301. The molecule has 0 radical (unpaired) electrons. The maximum Gasteiger partial charge on any atom is 0.119 e. The van der Waals surface area contributed by atoms with Crippen molar-refractivity contribution in [3.63, 3.8) is 0 Å². The zero-order valence-corrected chi connectivity index (χ0v) is 13.7. The lowest BCUT2D eigenvalue weighted by molar-refractivity contribution is 0.414. The van der Waals surface area contributed by atoms with Crippen molar-refractivity contribution in [2.24, 2.45) is 0 Å². The van der Waals surface area contributed by atoms with Crippen LogP contribution in [-0.4, -0.2) is 14.2 Å². The van der Waals surface area contributed by atoms with E-state index in [9.17, 15) is 0 Å². The molecule has 2 aromatic rings. The van der Waals surface area contributed by atoms with Crippen LogP contribution in [0.1, 0.15) is 22.7 Å². The van der Waals surface area contributed by atoms with Gasteiger partial charge in [0.15, 0.2) is 0 Å². The summed E-state index contributed by atoms with van der Waals surface area (Å²) in [6.07, 6.45) is 0.941. The van der Waals surface area contributed by atoms with E-state index in [1.807, 2.05) is 19.2 Å². The summed E-state index contributed by atoms with van der Waals surface area (Å²) in [7, 11) is 3.71. The molecule has 0 aliphatic carbocycles. The number of aryl methyl sites for hydroxylation is 1. The Kier molecular flexibility index (Phi) is 5.21. The summed E-state index contributed by atoms with van der Waals surface area (Å²) in [5.74, 6) is 0.907. The van der Waals surface area contributed by atoms with E-state index in [0.29, 0.717) is 6.04 Å². The van der Waals surface area contributed by atoms with Crippen molar-refractivity contribution >= 4 is 15.9 Å². The van der Waals surface area contributed by atoms with E-state index in [2.05, 4.69) is 58.5 Å². The average molecular weight is 334 g/mol. The van der Waals surface area contributed by atoms with Gasteiger partial charge in [0.25, 0.3) is 0 Å². The molecule has 0 aliphatic rings. The molecule has 106 valence electrons. The molecule has 0 bridgehead atoms. The molecule has 0 aliphatic heterocycles. The van der Waals surface area contributed by atoms with Crippen LogP contribution in [0.3, 0.4) is 0 Å². The van der Waals surface area contributed by atoms with Crippen LogP contribution in [0.15, 0.2) is 46.9 Å². The quantitative estimate of drug-likeness (QED) is 0.882. The van der Waals surface area contributed by atoms with Crippen LogP contribution in [0.25, 0.3) is 0 Å². The Morgan fingerprint density at radius 2 is 2.00 bits per heavy atom. The Morgan fingerprint density at radius 3 is 2.65 bits per heavy atom. The zero-order valence-electron chi connectivity index (χ0n) is 12.1. The first-order chi connectivity index (χ1) is 9.63. The van der Waals surface area contributed by atoms with Crippen molar-refractivity contribution < 1.29 is 4.74 Å². The van der Waals surface area contributed by atoms with E-state index in [4.69, 9.17) is 4.74 Å². The normalized spacial score (nSPS) is 12.2. The van der Waals surface area contributed by atoms with Crippen molar-refractivity contribution in [3.05, 3.63) is 63.6 Å². The van der Waals surface area contributed by atoms with E-state index in [1.54, 1.807) is 7.11 Å². The fraction of sp³-hybridized carbons (Fsp3) is 0.294. The van der Waals surface area contributed by atoms with Crippen LogP contribution in [0.5, 0.6) is 5.75 Å². The lowest BCUT2D eigenvalue weighted by Gasteiger charge is -2.19. The summed E-state index contributed by atoms with van der Waals surface area (Å²) < 4.78 is 6.41. The van der Waals surface area contributed by atoms with Gasteiger partial charge >= 0.3 is 0 Å². The molecule has 0 saturated carbocycles. The first-order valence-corrected chi connectivity index (χ1v) is 7.49. The number of rotatable bonds is 5. The molecule has 2 aromatic carbocycles. The van der Waals surface area contributed by atoms with Gasteiger partial charge in [-0.15, -0.1) is 0 Å². The Bertz CT molecular complexity index is 583. The summed E-state index contributed by atoms with van der Waals surface area (Å²) in [5, 5.41) is 3.41. The molecule has 0 amide bonds. The number of hydrogen-bond acceptors (Lipinski definition) is 2. The second kappa shape index (κ2) is 6.91. The molecule has 0 saturated heterocycles. The van der Waals surface area contributed by atoms with Crippen LogP contribution < -0.4 is 10.1 Å². The summed E-state index contributed by atoms with van der Waals surface area (Å²) in [6.45, 7) is 2.15.